The summed E-state index contributed by atoms with van der Waals surface area (Å²) in [6.07, 6.45) is 5.18. The average molecular weight is 204 g/mol. The van der Waals surface area contributed by atoms with Crippen molar-refractivity contribution >= 4 is 0 Å². The third-order valence-electron chi connectivity index (χ3n) is 4.38. The second-order valence-electron chi connectivity index (χ2n) is 5.76. The monoisotopic (exact) mass is 204 g/mol. The van der Waals surface area contributed by atoms with E-state index in [0.29, 0.717) is 17.4 Å². The zero-order valence-electron chi connectivity index (χ0n) is 9.64. The van der Waals surface area contributed by atoms with Gasteiger partial charge in [-0.3, -0.25) is 0 Å². The molecule has 2 nitrogen and oxygen atoms in total. The molecule has 0 bridgehead atoms. The summed E-state index contributed by atoms with van der Waals surface area (Å²) in [5, 5.41) is 0. The van der Waals surface area contributed by atoms with Gasteiger partial charge in [0, 0.05) is 23.3 Å². The Kier molecular flexibility index (Phi) is 1.82. The van der Waals surface area contributed by atoms with E-state index in [4.69, 9.17) is 5.73 Å². The maximum absolute atomic E-state index is 6.11. The summed E-state index contributed by atoms with van der Waals surface area (Å²) in [6.45, 7) is 4.53. The third kappa shape index (κ3) is 1.27. The SMILES string of the molecule is CC1(C)[C@H](N)[C@H]1c1cc2c([nH]1)CCCC2. The Labute approximate surface area is 91.3 Å². The minimum atomic E-state index is 0.299. The van der Waals surface area contributed by atoms with Crippen LogP contribution in [0.2, 0.25) is 0 Å². The van der Waals surface area contributed by atoms with E-state index >= 15 is 0 Å². The molecule has 2 heteroatoms. The van der Waals surface area contributed by atoms with Crippen LogP contribution < -0.4 is 5.73 Å². The van der Waals surface area contributed by atoms with Gasteiger partial charge in [0.2, 0.25) is 0 Å². The van der Waals surface area contributed by atoms with Gasteiger partial charge in [-0.2, -0.15) is 0 Å². The van der Waals surface area contributed by atoms with Crippen molar-refractivity contribution in [3.8, 4) is 0 Å². The molecule has 3 N–H and O–H groups in total. The average Bonchev–Trinajstić information content (AvgIpc) is 2.61. The summed E-state index contributed by atoms with van der Waals surface area (Å²) in [4.78, 5) is 3.60. The second-order valence-corrected chi connectivity index (χ2v) is 5.76. The highest BCUT2D eigenvalue weighted by atomic mass is 14.9. The molecule has 15 heavy (non-hydrogen) atoms. The molecule has 82 valence electrons. The van der Waals surface area contributed by atoms with E-state index in [2.05, 4.69) is 24.9 Å². The molecule has 3 rings (SSSR count). The number of aromatic amines is 1. The van der Waals surface area contributed by atoms with Crippen molar-refractivity contribution in [1.29, 1.82) is 0 Å². The molecular weight excluding hydrogens is 184 g/mol. The van der Waals surface area contributed by atoms with Gasteiger partial charge in [0.25, 0.3) is 0 Å². The highest BCUT2D eigenvalue weighted by molar-refractivity contribution is 5.36. The Morgan fingerprint density at radius 3 is 2.60 bits per heavy atom. The number of aryl methyl sites for hydroxylation is 2. The molecule has 0 unspecified atom stereocenters. The number of nitrogens with one attached hydrogen (secondary N) is 1. The smallest absolute Gasteiger partial charge is 0.0213 e. The molecule has 1 aromatic rings. The summed E-state index contributed by atoms with van der Waals surface area (Å²) in [5.74, 6) is 0.558. The minimum Gasteiger partial charge on any atom is -0.362 e. The van der Waals surface area contributed by atoms with E-state index in [1.807, 2.05) is 0 Å². The van der Waals surface area contributed by atoms with Gasteiger partial charge in [-0.15, -0.1) is 0 Å². The number of aromatic nitrogens is 1. The molecule has 2 atom stereocenters. The van der Waals surface area contributed by atoms with Crippen LogP contribution in [0.3, 0.4) is 0 Å². The number of fused-ring (bicyclic) bond motifs is 1. The van der Waals surface area contributed by atoms with Gasteiger partial charge in [-0.1, -0.05) is 13.8 Å². The fourth-order valence-electron chi connectivity index (χ4n) is 3.07. The lowest BCUT2D eigenvalue weighted by atomic mass is 9.98. The quantitative estimate of drug-likeness (QED) is 0.724. The topological polar surface area (TPSA) is 41.8 Å². The third-order valence-corrected chi connectivity index (χ3v) is 4.38. The summed E-state index contributed by atoms with van der Waals surface area (Å²) in [7, 11) is 0. The molecular formula is C13H20N2. The fraction of sp³-hybridized carbons (Fsp3) is 0.692. The molecule has 1 heterocycles. The molecule has 0 radical (unpaired) electrons. The Morgan fingerprint density at radius 1 is 1.33 bits per heavy atom. The van der Waals surface area contributed by atoms with E-state index in [1.54, 1.807) is 5.56 Å². The number of hydrogen-bond donors (Lipinski definition) is 2. The van der Waals surface area contributed by atoms with Crippen LogP contribution in [0.25, 0.3) is 0 Å². The largest absolute Gasteiger partial charge is 0.362 e. The first-order valence-electron chi connectivity index (χ1n) is 6.07. The van der Waals surface area contributed by atoms with Crippen molar-refractivity contribution < 1.29 is 0 Å². The van der Waals surface area contributed by atoms with Crippen molar-refractivity contribution in [2.45, 2.75) is 51.5 Å². The van der Waals surface area contributed by atoms with Gasteiger partial charge in [-0.05, 0) is 42.7 Å². The van der Waals surface area contributed by atoms with E-state index in [1.165, 1.54) is 37.1 Å². The maximum Gasteiger partial charge on any atom is 0.0213 e. The summed E-state index contributed by atoms with van der Waals surface area (Å²) in [5.41, 5.74) is 10.8. The van der Waals surface area contributed by atoms with Gasteiger partial charge >= 0.3 is 0 Å². The predicted molar refractivity (Wildman–Crippen MR) is 61.9 cm³/mol. The van der Waals surface area contributed by atoms with Crippen LogP contribution in [0, 0.1) is 5.41 Å². The van der Waals surface area contributed by atoms with Gasteiger partial charge in [0.05, 0.1) is 0 Å². The van der Waals surface area contributed by atoms with E-state index in [9.17, 15) is 0 Å². The second kappa shape index (κ2) is 2.88. The Bertz CT molecular complexity index is 366. The molecule has 1 aromatic heterocycles. The number of hydrogen-bond acceptors (Lipinski definition) is 1. The Hall–Kier alpha value is -0.760. The summed E-state index contributed by atoms with van der Waals surface area (Å²) >= 11 is 0. The molecule has 0 saturated heterocycles. The van der Waals surface area contributed by atoms with Crippen LogP contribution in [0.1, 0.15) is 49.6 Å². The van der Waals surface area contributed by atoms with Crippen molar-refractivity contribution in [2.75, 3.05) is 0 Å². The Balaban J connectivity index is 1.91. The van der Waals surface area contributed by atoms with Crippen LogP contribution in [0.15, 0.2) is 6.07 Å². The van der Waals surface area contributed by atoms with E-state index in [0.717, 1.165) is 0 Å². The van der Waals surface area contributed by atoms with Crippen molar-refractivity contribution in [3.63, 3.8) is 0 Å². The standard InChI is InChI=1S/C13H20N2/c1-13(2)11(12(13)14)10-7-8-5-3-4-6-9(8)15-10/h7,11-12,15H,3-6,14H2,1-2H3/t11-,12-/m1/s1. The number of nitrogens with two attached hydrogens (primary N) is 1. The molecule has 0 aromatic carbocycles. The number of rotatable bonds is 1. The molecule has 1 saturated carbocycles. The van der Waals surface area contributed by atoms with Crippen LogP contribution in [0.4, 0.5) is 0 Å². The first kappa shape index (κ1) is 9.46. The molecule has 0 spiro atoms. The van der Waals surface area contributed by atoms with Gasteiger partial charge < -0.3 is 10.7 Å². The van der Waals surface area contributed by atoms with Crippen molar-refractivity contribution in [1.82, 2.24) is 4.98 Å². The first-order chi connectivity index (χ1) is 7.10. The zero-order valence-corrected chi connectivity index (χ0v) is 9.64. The maximum atomic E-state index is 6.11. The van der Waals surface area contributed by atoms with Crippen LogP contribution >= 0.6 is 0 Å². The lowest BCUT2D eigenvalue weighted by Gasteiger charge is -2.09. The lowest BCUT2D eigenvalue weighted by Crippen LogP contribution is -2.06. The van der Waals surface area contributed by atoms with E-state index in [-0.39, 0.29) is 0 Å². The van der Waals surface area contributed by atoms with Crippen molar-refractivity contribution in [2.24, 2.45) is 11.1 Å². The highest BCUT2D eigenvalue weighted by Crippen LogP contribution is 2.57. The van der Waals surface area contributed by atoms with E-state index < -0.39 is 0 Å². The molecule has 0 aliphatic heterocycles. The van der Waals surface area contributed by atoms with Crippen LogP contribution in [0.5, 0.6) is 0 Å². The molecule has 0 amide bonds. The summed E-state index contributed by atoms with van der Waals surface area (Å²) < 4.78 is 0. The van der Waals surface area contributed by atoms with Crippen LogP contribution in [-0.2, 0) is 12.8 Å². The zero-order chi connectivity index (χ0) is 10.6. The minimum absolute atomic E-state index is 0.299. The normalized spacial score (nSPS) is 32.5. The van der Waals surface area contributed by atoms with Gasteiger partial charge in [0.1, 0.15) is 0 Å². The van der Waals surface area contributed by atoms with Gasteiger partial charge in [-0.25, -0.2) is 0 Å². The number of H-pyrrole nitrogens is 1. The van der Waals surface area contributed by atoms with Crippen molar-refractivity contribution in [3.05, 3.63) is 23.0 Å². The molecule has 1 fully saturated rings. The molecule has 2 aliphatic rings. The van der Waals surface area contributed by atoms with Crippen LogP contribution in [-0.4, -0.2) is 11.0 Å². The lowest BCUT2D eigenvalue weighted by molar-refractivity contribution is 0.595. The highest BCUT2D eigenvalue weighted by Gasteiger charge is 2.57. The fourth-order valence-corrected chi connectivity index (χ4v) is 3.07. The predicted octanol–water partition coefficient (Wildman–Crippen LogP) is 2.34. The van der Waals surface area contributed by atoms with Gasteiger partial charge in [0.15, 0.2) is 0 Å². The first-order valence-corrected chi connectivity index (χ1v) is 6.07. The molecule has 2 aliphatic carbocycles. The summed E-state index contributed by atoms with van der Waals surface area (Å²) in [6, 6.07) is 2.71. The Morgan fingerprint density at radius 2 is 2.00 bits per heavy atom.